The van der Waals surface area contributed by atoms with Gasteiger partial charge < -0.3 is 4.90 Å². The van der Waals surface area contributed by atoms with Gasteiger partial charge in [-0.2, -0.15) is 0 Å². The van der Waals surface area contributed by atoms with Crippen LogP contribution in [0.5, 0.6) is 0 Å². The first-order chi connectivity index (χ1) is 11.0. The molecule has 7 heteroatoms. The lowest BCUT2D eigenvalue weighted by Crippen LogP contribution is -2.27. The highest BCUT2D eigenvalue weighted by Crippen LogP contribution is 2.47. The van der Waals surface area contributed by atoms with Crippen molar-refractivity contribution in [2.24, 2.45) is 0 Å². The summed E-state index contributed by atoms with van der Waals surface area (Å²) in [4.78, 5) is 17.9. The molecule has 0 atom stereocenters. The predicted octanol–water partition coefficient (Wildman–Crippen LogP) is 4.88. The Labute approximate surface area is 154 Å². The molecule has 120 valence electrons. The van der Waals surface area contributed by atoms with Gasteiger partial charge in [0.1, 0.15) is 4.32 Å². The molecule has 0 saturated carbocycles. The van der Waals surface area contributed by atoms with Gasteiger partial charge in [-0.3, -0.25) is 9.69 Å². The fourth-order valence-electron chi connectivity index (χ4n) is 2.46. The number of hydrogen-bond acceptors (Lipinski definition) is 5. The van der Waals surface area contributed by atoms with Gasteiger partial charge in [0.25, 0.3) is 5.91 Å². The molecule has 2 aliphatic heterocycles. The van der Waals surface area contributed by atoms with Crippen molar-refractivity contribution in [1.29, 1.82) is 0 Å². The molecular weight excluding hydrogens is 368 g/mol. The van der Waals surface area contributed by atoms with Crippen molar-refractivity contribution >= 4 is 63.3 Å². The largest absolute Gasteiger partial charge is 0.335 e. The molecule has 1 aromatic rings. The zero-order valence-electron chi connectivity index (χ0n) is 12.7. The van der Waals surface area contributed by atoms with Crippen LogP contribution in [0.15, 0.2) is 45.2 Å². The van der Waals surface area contributed by atoms with Gasteiger partial charge in [-0.1, -0.05) is 47.3 Å². The number of anilines is 1. The highest BCUT2D eigenvalue weighted by molar-refractivity contribution is 8.26. The van der Waals surface area contributed by atoms with Crippen LogP contribution in [0.25, 0.3) is 0 Å². The molecule has 0 N–H and O–H groups in total. The maximum atomic E-state index is 12.2. The average Bonchev–Trinajstić information content (AvgIpc) is 3.01. The van der Waals surface area contributed by atoms with Gasteiger partial charge in [0.05, 0.1) is 15.6 Å². The lowest BCUT2D eigenvalue weighted by Gasteiger charge is -2.17. The number of carbonyl (C=O) groups is 1. The summed E-state index contributed by atoms with van der Waals surface area (Å²) < 4.78 is 0.628. The van der Waals surface area contributed by atoms with E-state index < -0.39 is 0 Å². The van der Waals surface area contributed by atoms with Gasteiger partial charge in [0.15, 0.2) is 0 Å². The van der Waals surface area contributed by atoms with E-state index >= 15 is 0 Å². The summed E-state index contributed by atoms with van der Waals surface area (Å²) in [6.07, 6.45) is 3.86. The Hall–Kier alpha value is -0.950. The smallest absolute Gasteiger partial charge is 0.266 e. The Morgan fingerprint density at radius 3 is 2.57 bits per heavy atom. The Morgan fingerprint density at radius 2 is 1.91 bits per heavy atom. The highest BCUT2D eigenvalue weighted by Gasteiger charge is 2.30. The first kappa shape index (κ1) is 16.9. The molecule has 2 heterocycles. The molecule has 23 heavy (non-hydrogen) atoms. The second-order valence-electron chi connectivity index (χ2n) is 4.91. The van der Waals surface area contributed by atoms with Crippen molar-refractivity contribution in [1.82, 2.24) is 4.90 Å². The lowest BCUT2D eigenvalue weighted by atomic mass is 10.3. The molecule has 1 aromatic carbocycles. The Balaban J connectivity index is 1.88. The third kappa shape index (κ3) is 3.18. The van der Waals surface area contributed by atoms with Crippen molar-refractivity contribution < 1.29 is 4.79 Å². The molecule has 3 rings (SSSR count). The monoisotopic (exact) mass is 382 g/mol. The van der Waals surface area contributed by atoms with Gasteiger partial charge in [0.2, 0.25) is 0 Å². The minimum absolute atomic E-state index is 0.00838. The summed E-state index contributed by atoms with van der Waals surface area (Å²) in [5.41, 5.74) is 1.12. The van der Waals surface area contributed by atoms with Crippen LogP contribution in [0.4, 0.5) is 5.69 Å². The van der Waals surface area contributed by atoms with Crippen LogP contribution < -0.4 is 4.90 Å². The Bertz CT molecular complexity index is 745. The molecule has 0 aliphatic carbocycles. The molecule has 1 fully saturated rings. The molecule has 0 unspecified atom stereocenters. The van der Waals surface area contributed by atoms with Crippen molar-refractivity contribution in [3.8, 4) is 0 Å². The number of rotatable bonds is 3. The van der Waals surface area contributed by atoms with Gasteiger partial charge >= 0.3 is 0 Å². The summed E-state index contributed by atoms with van der Waals surface area (Å²) in [6, 6.07) is 5.91. The van der Waals surface area contributed by atoms with E-state index in [0.29, 0.717) is 15.8 Å². The minimum atomic E-state index is -0.00838. The van der Waals surface area contributed by atoms with Crippen LogP contribution >= 0.6 is 47.3 Å². The Morgan fingerprint density at radius 1 is 1.17 bits per heavy atom. The molecule has 1 amide bonds. The number of thioether (sulfide) groups is 2. The first-order valence-electron chi connectivity index (χ1n) is 7.25. The number of benzene rings is 1. The average molecular weight is 383 g/mol. The number of carbonyl (C=O) groups excluding carboxylic acids is 1. The summed E-state index contributed by atoms with van der Waals surface area (Å²) >= 11 is 14.4. The normalized spacial score (nSPS) is 21.0. The molecule has 1 saturated heterocycles. The topological polar surface area (TPSA) is 23.6 Å². The van der Waals surface area contributed by atoms with E-state index in [1.54, 1.807) is 16.7 Å². The highest BCUT2D eigenvalue weighted by atomic mass is 35.5. The second kappa shape index (κ2) is 6.89. The number of hydrogen-bond donors (Lipinski definition) is 0. The molecule has 3 nitrogen and oxygen atoms in total. The van der Waals surface area contributed by atoms with Gasteiger partial charge in [0, 0.05) is 23.0 Å². The standard InChI is InChI=1S/C16H15ClN2OS3/c1-3-18-11-9-10(17)5-6-12(11)22-14(18)8-7-13-15(20)19(4-2)16(21)23-13/h5-9H,3-4H2,1-2H3/b13-7?,14-8+. The van der Waals surface area contributed by atoms with Crippen LogP contribution in [0.1, 0.15) is 13.8 Å². The number of fused-ring (bicyclic) bond motifs is 1. The van der Waals surface area contributed by atoms with E-state index in [1.165, 1.54) is 16.7 Å². The lowest BCUT2D eigenvalue weighted by molar-refractivity contribution is -0.122. The summed E-state index contributed by atoms with van der Waals surface area (Å²) in [5.74, 6) is -0.00838. The maximum Gasteiger partial charge on any atom is 0.266 e. The third-order valence-electron chi connectivity index (χ3n) is 3.58. The van der Waals surface area contributed by atoms with E-state index in [1.807, 2.05) is 37.3 Å². The fourth-order valence-corrected chi connectivity index (χ4v) is 5.06. The number of nitrogens with zero attached hydrogens (tertiary/aromatic N) is 2. The number of likely N-dealkylation sites (N-methyl/N-ethyl adjacent to an activating group) is 1. The van der Waals surface area contributed by atoms with E-state index in [9.17, 15) is 4.79 Å². The summed E-state index contributed by atoms with van der Waals surface area (Å²) in [6.45, 7) is 5.48. The molecule has 0 spiro atoms. The van der Waals surface area contributed by atoms with Crippen LogP contribution in [0, 0.1) is 0 Å². The van der Waals surface area contributed by atoms with Crippen LogP contribution in [0.2, 0.25) is 5.02 Å². The number of halogens is 1. The predicted molar refractivity (Wildman–Crippen MR) is 104 cm³/mol. The molecular formula is C16H15ClN2OS3. The van der Waals surface area contributed by atoms with Crippen LogP contribution in [-0.4, -0.2) is 28.2 Å². The molecule has 0 bridgehead atoms. The number of amides is 1. The van der Waals surface area contributed by atoms with Gasteiger partial charge in [-0.15, -0.1) is 0 Å². The van der Waals surface area contributed by atoms with Crippen molar-refractivity contribution in [2.75, 3.05) is 18.0 Å². The SMILES string of the molecule is CCN1C(=O)C(=C/C=C2/Sc3ccc(Cl)cc3N2CC)SC1=S. The fraction of sp³-hybridized carbons (Fsp3) is 0.250. The van der Waals surface area contributed by atoms with Crippen LogP contribution in [0.3, 0.4) is 0 Å². The summed E-state index contributed by atoms with van der Waals surface area (Å²) in [5, 5.41) is 1.82. The number of thiocarbonyl (C=S) groups is 1. The van der Waals surface area contributed by atoms with Crippen molar-refractivity contribution in [2.45, 2.75) is 18.7 Å². The van der Waals surface area contributed by atoms with E-state index in [0.717, 1.165) is 22.3 Å². The molecule has 0 radical (unpaired) electrons. The van der Waals surface area contributed by atoms with Crippen molar-refractivity contribution in [3.63, 3.8) is 0 Å². The minimum Gasteiger partial charge on any atom is -0.335 e. The van der Waals surface area contributed by atoms with Gasteiger partial charge in [-0.25, -0.2) is 0 Å². The van der Waals surface area contributed by atoms with Crippen LogP contribution in [-0.2, 0) is 4.79 Å². The van der Waals surface area contributed by atoms with Gasteiger partial charge in [-0.05, 0) is 44.2 Å². The molecule has 2 aliphatic rings. The zero-order valence-corrected chi connectivity index (χ0v) is 15.9. The first-order valence-corrected chi connectivity index (χ1v) is 9.67. The van der Waals surface area contributed by atoms with E-state index in [4.69, 9.17) is 23.8 Å². The third-order valence-corrected chi connectivity index (χ3v) is 6.34. The second-order valence-corrected chi connectivity index (χ2v) is 8.09. The van der Waals surface area contributed by atoms with E-state index in [-0.39, 0.29) is 5.91 Å². The Kier molecular flexibility index (Phi) is 5.06. The van der Waals surface area contributed by atoms with Crippen molar-refractivity contribution in [3.05, 3.63) is 45.3 Å². The molecule has 0 aromatic heterocycles. The number of allylic oxidation sites excluding steroid dienone is 2. The summed E-state index contributed by atoms with van der Waals surface area (Å²) in [7, 11) is 0. The quantitative estimate of drug-likeness (QED) is 0.547. The maximum absolute atomic E-state index is 12.2. The zero-order chi connectivity index (χ0) is 16.6. The van der Waals surface area contributed by atoms with E-state index in [2.05, 4.69) is 11.8 Å².